The van der Waals surface area contributed by atoms with Crippen LogP contribution in [0.1, 0.15) is 61.3 Å². The summed E-state index contributed by atoms with van der Waals surface area (Å²) < 4.78 is 0. The zero-order chi connectivity index (χ0) is 14.6. The molecule has 0 amide bonds. The van der Waals surface area contributed by atoms with Crippen LogP contribution >= 0.6 is 0 Å². The third-order valence-electron chi connectivity index (χ3n) is 4.24. The minimum absolute atomic E-state index is 0.368. The third kappa shape index (κ3) is 5.83. The van der Waals surface area contributed by atoms with Gasteiger partial charge in [-0.2, -0.15) is 0 Å². The molecule has 0 aromatic carbocycles. The van der Waals surface area contributed by atoms with E-state index in [-0.39, 0.29) is 0 Å². The van der Waals surface area contributed by atoms with Crippen LogP contribution in [0.15, 0.2) is 0 Å². The Balaban J connectivity index is 2.63. The predicted molar refractivity (Wildman–Crippen MR) is 85.5 cm³/mol. The zero-order valence-electron chi connectivity index (χ0n) is 14.3. The quantitative estimate of drug-likeness (QED) is 0.816. The fourth-order valence-corrected chi connectivity index (χ4v) is 3.13. The number of rotatable bonds is 5. The monoisotopic (exact) mass is 268 g/mol. The number of hydrogen-bond donors (Lipinski definition) is 1. The van der Waals surface area contributed by atoms with E-state index in [0.29, 0.717) is 17.5 Å². The van der Waals surface area contributed by atoms with Gasteiger partial charge in [0.2, 0.25) is 0 Å². The summed E-state index contributed by atoms with van der Waals surface area (Å²) in [7, 11) is 0. The lowest BCUT2D eigenvalue weighted by Crippen LogP contribution is -2.60. The summed E-state index contributed by atoms with van der Waals surface area (Å²) in [5, 5.41) is 3.78. The molecule has 0 saturated carbocycles. The first kappa shape index (κ1) is 17.0. The average Bonchev–Trinajstić information content (AvgIpc) is 2.24. The molecule has 0 aromatic heterocycles. The van der Waals surface area contributed by atoms with Crippen LogP contribution in [0.4, 0.5) is 0 Å². The molecular weight excluding hydrogens is 232 g/mol. The van der Waals surface area contributed by atoms with Crippen LogP contribution in [-0.2, 0) is 0 Å². The fourth-order valence-electron chi connectivity index (χ4n) is 3.13. The second kappa shape index (κ2) is 7.08. The zero-order valence-corrected chi connectivity index (χ0v) is 14.3. The maximum Gasteiger partial charge on any atom is 0.0269 e. The Morgan fingerprint density at radius 1 is 1.11 bits per heavy atom. The average molecular weight is 268 g/mol. The van der Waals surface area contributed by atoms with Gasteiger partial charge in [-0.1, -0.05) is 48.5 Å². The molecule has 0 radical (unpaired) electrons. The van der Waals surface area contributed by atoms with Gasteiger partial charge in [0.25, 0.3) is 0 Å². The second-order valence-corrected chi connectivity index (χ2v) is 8.29. The van der Waals surface area contributed by atoms with Crippen molar-refractivity contribution in [3.63, 3.8) is 0 Å². The molecule has 1 rings (SSSR count). The van der Waals surface area contributed by atoms with E-state index in [1.54, 1.807) is 0 Å². The van der Waals surface area contributed by atoms with Crippen molar-refractivity contribution in [3.05, 3.63) is 0 Å². The summed E-state index contributed by atoms with van der Waals surface area (Å²) in [6.45, 7) is 20.1. The van der Waals surface area contributed by atoms with E-state index in [2.05, 4.69) is 58.7 Å². The molecule has 2 heteroatoms. The van der Waals surface area contributed by atoms with E-state index in [9.17, 15) is 0 Å². The van der Waals surface area contributed by atoms with Crippen molar-refractivity contribution < 1.29 is 0 Å². The van der Waals surface area contributed by atoms with Gasteiger partial charge in [-0.25, -0.2) is 0 Å². The second-order valence-electron chi connectivity index (χ2n) is 8.29. The third-order valence-corrected chi connectivity index (χ3v) is 4.24. The summed E-state index contributed by atoms with van der Waals surface area (Å²) in [4.78, 5) is 2.75. The minimum Gasteiger partial charge on any atom is -0.311 e. The van der Waals surface area contributed by atoms with Crippen LogP contribution in [-0.4, -0.2) is 36.6 Å². The molecule has 1 N–H and O–H groups in total. The minimum atomic E-state index is 0.368. The maximum absolute atomic E-state index is 3.78. The Morgan fingerprint density at radius 2 is 1.74 bits per heavy atom. The lowest BCUT2D eigenvalue weighted by atomic mass is 9.83. The number of piperazine rings is 1. The molecular formula is C17H36N2. The first-order chi connectivity index (χ1) is 8.70. The van der Waals surface area contributed by atoms with E-state index in [0.717, 1.165) is 18.4 Å². The summed E-state index contributed by atoms with van der Waals surface area (Å²) >= 11 is 0. The highest BCUT2D eigenvalue weighted by molar-refractivity contribution is 4.92. The summed E-state index contributed by atoms with van der Waals surface area (Å²) in [5.41, 5.74) is 0.368. The smallest absolute Gasteiger partial charge is 0.0269 e. The van der Waals surface area contributed by atoms with Gasteiger partial charge in [0, 0.05) is 25.2 Å². The van der Waals surface area contributed by atoms with Gasteiger partial charge in [-0.05, 0) is 36.6 Å². The molecule has 114 valence electrons. The van der Waals surface area contributed by atoms with Gasteiger partial charge >= 0.3 is 0 Å². The van der Waals surface area contributed by atoms with Crippen LogP contribution < -0.4 is 5.32 Å². The Morgan fingerprint density at radius 3 is 2.21 bits per heavy atom. The molecule has 0 aliphatic carbocycles. The Kier molecular flexibility index (Phi) is 6.32. The summed E-state index contributed by atoms with van der Waals surface area (Å²) in [6, 6.07) is 1.36. The molecule has 1 aliphatic rings. The Labute approximate surface area is 121 Å². The highest BCUT2D eigenvalue weighted by atomic mass is 15.2. The van der Waals surface area contributed by atoms with Gasteiger partial charge in [-0.3, -0.25) is 4.90 Å². The van der Waals surface area contributed by atoms with E-state index in [1.807, 2.05) is 0 Å². The SMILES string of the molecule is CC(C)CCN1CC(CC(C)C)NCC1C(C)(C)C. The first-order valence-corrected chi connectivity index (χ1v) is 8.17. The molecule has 1 aliphatic heterocycles. The molecule has 0 spiro atoms. The van der Waals surface area contributed by atoms with Crippen molar-refractivity contribution in [1.82, 2.24) is 10.2 Å². The molecule has 1 fully saturated rings. The molecule has 2 atom stereocenters. The van der Waals surface area contributed by atoms with E-state index in [1.165, 1.54) is 25.9 Å². The lowest BCUT2D eigenvalue weighted by Gasteiger charge is -2.47. The first-order valence-electron chi connectivity index (χ1n) is 8.17. The molecule has 1 heterocycles. The molecule has 1 saturated heterocycles. The molecule has 0 aromatic rings. The van der Waals surface area contributed by atoms with Crippen LogP contribution in [0.3, 0.4) is 0 Å². The molecule has 2 nitrogen and oxygen atoms in total. The van der Waals surface area contributed by atoms with Gasteiger partial charge < -0.3 is 5.32 Å². The van der Waals surface area contributed by atoms with Gasteiger partial charge in [0.15, 0.2) is 0 Å². The van der Waals surface area contributed by atoms with Crippen LogP contribution in [0.2, 0.25) is 0 Å². The lowest BCUT2D eigenvalue weighted by molar-refractivity contribution is 0.0480. The summed E-state index contributed by atoms with van der Waals surface area (Å²) in [5.74, 6) is 1.59. The van der Waals surface area contributed by atoms with E-state index in [4.69, 9.17) is 0 Å². The maximum atomic E-state index is 3.78. The topological polar surface area (TPSA) is 15.3 Å². The van der Waals surface area contributed by atoms with Gasteiger partial charge in [0.1, 0.15) is 0 Å². The van der Waals surface area contributed by atoms with E-state index >= 15 is 0 Å². The Hall–Kier alpha value is -0.0800. The predicted octanol–water partition coefficient (Wildman–Crippen LogP) is 3.77. The van der Waals surface area contributed by atoms with Crippen molar-refractivity contribution in [2.45, 2.75) is 73.4 Å². The van der Waals surface area contributed by atoms with Crippen molar-refractivity contribution >= 4 is 0 Å². The Bertz CT molecular complexity index is 252. The standard InChI is InChI=1S/C17H36N2/c1-13(2)8-9-19-12-15(10-14(3)4)18-11-16(19)17(5,6)7/h13-16,18H,8-12H2,1-7H3. The van der Waals surface area contributed by atoms with Gasteiger partial charge in [0.05, 0.1) is 0 Å². The highest BCUT2D eigenvalue weighted by Gasteiger charge is 2.35. The van der Waals surface area contributed by atoms with Crippen molar-refractivity contribution in [1.29, 1.82) is 0 Å². The summed E-state index contributed by atoms with van der Waals surface area (Å²) in [6.07, 6.45) is 2.62. The van der Waals surface area contributed by atoms with Crippen LogP contribution in [0.25, 0.3) is 0 Å². The van der Waals surface area contributed by atoms with Gasteiger partial charge in [-0.15, -0.1) is 0 Å². The number of nitrogens with zero attached hydrogens (tertiary/aromatic N) is 1. The van der Waals surface area contributed by atoms with Crippen molar-refractivity contribution in [2.75, 3.05) is 19.6 Å². The number of nitrogens with one attached hydrogen (secondary N) is 1. The number of hydrogen-bond acceptors (Lipinski definition) is 2. The van der Waals surface area contributed by atoms with Crippen molar-refractivity contribution in [2.24, 2.45) is 17.3 Å². The molecule has 2 unspecified atom stereocenters. The largest absolute Gasteiger partial charge is 0.311 e. The molecule has 19 heavy (non-hydrogen) atoms. The normalized spacial score (nSPS) is 26.4. The highest BCUT2D eigenvalue weighted by Crippen LogP contribution is 2.28. The van der Waals surface area contributed by atoms with Crippen LogP contribution in [0, 0.1) is 17.3 Å². The fraction of sp³-hybridized carbons (Fsp3) is 1.00. The van der Waals surface area contributed by atoms with E-state index < -0.39 is 0 Å². The van der Waals surface area contributed by atoms with Crippen molar-refractivity contribution in [3.8, 4) is 0 Å². The molecule has 0 bridgehead atoms. The van der Waals surface area contributed by atoms with Crippen LogP contribution in [0.5, 0.6) is 0 Å².